The number of hydrogen-bond donors (Lipinski definition) is 1. The SMILES string of the molecule is CCC1CCCC1C[SH]1(=O)OS(=O)(=O)O1. The molecule has 0 spiro atoms. The Labute approximate surface area is 91.3 Å². The van der Waals surface area contributed by atoms with Crippen molar-refractivity contribution in [1.82, 2.24) is 0 Å². The van der Waals surface area contributed by atoms with E-state index in [1.165, 1.54) is 0 Å². The van der Waals surface area contributed by atoms with E-state index in [1.54, 1.807) is 0 Å². The first-order valence-corrected chi connectivity index (χ1v) is 8.27. The molecule has 0 radical (unpaired) electrons. The second-order valence-corrected chi connectivity index (χ2v) is 7.81. The van der Waals surface area contributed by atoms with Crippen molar-refractivity contribution in [3.05, 3.63) is 0 Å². The summed E-state index contributed by atoms with van der Waals surface area (Å²) in [6.07, 6.45) is 4.29. The number of rotatable bonds is 3. The van der Waals surface area contributed by atoms with Gasteiger partial charge in [0.2, 0.25) is 0 Å². The van der Waals surface area contributed by atoms with Gasteiger partial charge >= 0.3 is 10.4 Å². The van der Waals surface area contributed by atoms with E-state index in [4.69, 9.17) is 0 Å². The molecule has 2 unspecified atom stereocenters. The second kappa shape index (κ2) is 3.80. The van der Waals surface area contributed by atoms with E-state index >= 15 is 0 Å². The molecule has 2 fully saturated rings. The van der Waals surface area contributed by atoms with E-state index in [-0.39, 0.29) is 11.7 Å². The van der Waals surface area contributed by atoms with Crippen LogP contribution in [-0.2, 0) is 28.2 Å². The molecule has 7 heteroatoms. The third kappa shape index (κ3) is 2.41. The molecule has 0 N–H and O–H groups in total. The van der Waals surface area contributed by atoms with Crippen molar-refractivity contribution in [2.75, 3.05) is 5.75 Å². The average Bonchev–Trinajstić information content (AvgIpc) is 2.47. The maximum atomic E-state index is 11.7. The van der Waals surface area contributed by atoms with Crippen LogP contribution in [0.1, 0.15) is 32.6 Å². The van der Waals surface area contributed by atoms with Crippen LogP contribution in [0.15, 0.2) is 0 Å². The molecule has 1 saturated heterocycles. The average molecular weight is 256 g/mol. The molecule has 0 aromatic carbocycles. The smallest absolute Gasteiger partial charge is 0.232 e. The monoisotopic (exact) mass is 256 g/mol. The van der Waals surface area contributed by atoms with E-state index in [0.29, 0.717) is 5.92 Å². The molecular weight excluding hydrogens is 240 g/mol. The third-order valence-corrected chi connectivity index (χ3v) is 7.40. The van der Waals surface area contributed by atoms with Crippen molar-refractivity contribution in [3.8, 4) is 0 Å². The largest absolute Gasteiger partial charge is 0.426 e. The predicted octanol–water partition coefficient (Wildman–Crippen LogP) is 0.951. The molecule has 0 aromatic rings. The molecule has 15 heavy (non-hydrogen) atoms. The lowest BCUT2D eigenvalue weighted by molar-refractivity contribution is 0.300. The molecule has 5 nitrogen and oxygen atoms in total. The van der Waals surface area contributed by atoms with Gasteiger partial charge in [0.05, 0.1) is 0 Å². The maximum Gasteiger partial charge on any atom is 0.426 e. The van der Waals surface area contributed by atoms with Gasteiger partial charge in [0.15, 0.2) is 0 Å². The van der Waals surface area contributed by atoms with Crippen LogP contribution < -0.4 is 0 Å². The van der Waals surface area contributed by atoms with E-state index < -0.39 is 20.9 Å². The second-order valence-electron chi connectivity index (χ2n) is 4.21. The molecule has 0 bridgehead atoms. The molecule has 90 valence electrons. The minimum atomic E-state index is -3.92. The summed E-state index contributed by atoms with van der Waals surface area (Å²) in [5.74, 6) is 1.08. The molecule has 1 aliphatic carbocycles. The van der Waals surface area contributed by atoms with Crippen molar-refractivity contribution in [2.24, 2.45) is 11.8 Å². The van der Waals surface area contributed by atoms with Crippen LogP contribution in [0.5, 0.6) is 0 Å². The van der Waals surface area contributed by atoms with Gasteiger partial charge in [0.1, 0.15) is 10.5 Å². The minimum Gasteiger partial charge on any atom is -0.232 e. The van der Waals surface area contributed by atoms with E-state index in [2.05, 4.69) is 14.2 Å². The zero-order valence-electron chi connectivity index (χ0n) is 8.59. The van der Waals surface area contributed by atoms with Gasteiger partial charge in [-0.05, 0) is 18.3 Å². The maximum absolute atomic E-state index is 11.7. The van der Waals surface area contributed by atoms with Gasteiger partial charge < -0.3 is 0 Å². The highest BCUT2D eigenvalue weighted by molar-refractivity contribution is 8.14. The third-order valence-electron chi connectivity index (χ3n) is 3.21. The fourth-order valence-electron chi connectivity index (χ4n) is 2.52. The summed E-state index contributed by atoms with van der Waals surface area (Å²) >= 11 is 0. The van der Waals surface area contributed by atoms with Crippen LogP contribution in [0.25, 0.3) is 0 Å². The van der Waals surface area contributed by atoms with Crippen LogP contribution in [0.4, 0.5) is 0 Å². The van der Waals surface area contributed by atoms with E-state index in [9.17, 15) is 12.6 Å². The number of thiol groups is 1. The van der Waals surface area contributed by atoms with Gasteiger partial charge in [-0.1, -0.05) is 26.2 Å². The Bertz CT molecular complexity index is 372. The van der Waals surface area contributed by atoms with Crippen molar-refractivity contribution in [3.63, 3.8) is 0 Å². The molecule has 2 aliphatic rings. The topological polar surface area (TPSA) is 69.7 Å². The summed E-state index contributed by atoms with van der Waals surface area (Å²) in [5, 5.41) is 0. The number of hydrogen-bond acceptors (Lipinski definition) is 5. The summed E-state index contributed by atoms with van der Waals surface area (Å²) in [6, 6.07) is 0. The highest BCUT2D eigenvalue weighted by atomic mass is 32.4. The van der Waals surface area contributed by atoms with Crippen molar-refractivity contribution in [2.45, 2.75) is 32.6 Å². The molecule has 2 atom stereocenters. The summed E-state index contributed by atoms with van der Waals surface area (Å²) in [4.78, 5) is 0. The van der Waals surface area contributed by atoms with Crippen molar-refractivity contribution >= 4 is 20.9 Å². The Kier molecular flexibility index (Phi) is 2.91. The van der Waals surface area contributed by atoms with Crippen LogP contribution in [-0.4, -0.2) is 18.4 Å². The quantitative estimate of drug-likeness (QED) is 0.761. The standard InChI is InChI=1S/C8H16O5S2/c1-2-7-4-3-5-8(7)6-14(9)12-15(10,11)13-14/h7-8,14H,2-6H2,1H3. The summed E-state index contributed by atoms with van der Waals surface area (Å²) in [5.41, 5.74) is 0. The Balaban J connectivity index is 1.95. The van der Waals surface area contributed by atoms with Crippen LogP contribution >= 0.6 is 0 Å². The van der Waals surface area contributed by atoms with Crippen LogP contribution in [0.2, 0.25) is 0 Å². The first-order valence-electron chi connectivity index (χ1n) is 5.20. The van der Waals surface area contributed by atoms with Crippen LogP contribution in [0.3, 0.4) is 0 Å². The first-order chi connectivity index (χ1) is 6.94. The molecular formula is C8H16O5S2. The summed E-state index contributed by atoms with van der Waals surface area (Å²) < 4.78 is 41.6. The molecule has 0 aromatic heterocycles. The zero-order valence-corrected chi connectivity index (χ0v) is 10.3. The summed E-state index contributed by atoms with van der Waals surface area (Å²) in [7, 11) is -7.22. The normalized spacial score (nSPS) is 39.5. The van der Waals surface area contributed by atoms with Crippen molar-refractivity contribution < 1.29 is 19.9 Å². The van der Waals surface area contributed by atoms with Gasteiger partial charge in [0.25, 0.3) is 0 Å². The van der Waals surface area contributed by atoms with E-state index in [1.807, 2.05) is 0 Å². The van der Waals surface area contributed by atoms with Crippen LogP contribution in [0, 0.1) is 11.8 Å². The Hall–Kier alpha value is 0.0200. The zero-order chi connectivity index (χ0) is 11.1. The lowest BCUT2D eigenvalue weighted by Crippen LogP contribution is -2.42. The highest BCUT2D eigenvalue weighted by Crippen LogP contribution is 2.39. The van der Waals surface area contributed by atoms with Crippen molar-refractivity contribution in [1.29, 1.82) is 0 Å². The molecule has 1 saturated carbocycles. The highest BCUT2D eigenvalue weighted by Gasteiger charge is 2.44. The Morgan fingerprint density at radius 2 is 1.87 bits per heavy atom. The van der Waals surface area contributed by atoms with Gasteiger partial charge in [-0.2, -0.15) is 8.42 Å². The molecule has 1 aliphatic heterocycles. The fraction of sp³-hybridized carbons (Fsp3) is 1.00. The van der Waals surface area contributed by atoms with E-state index in [0.717, 1.165) is 25.7 Å². The molecule has 0 amide bonds. The van der Waals surface area contributed by atoms with Gasteiger partial charge in [-0.25, -0.2) is 4.21 Å². The van der Waals surface area contributed by atoms with Gasteiger partial charge in [0, 0.05) is 5.75 Å². The minimum absolute atomic E-state index is 0.255. The summed E-state index contributed by atoms with van der Waals surface area (Å²) in [6.45, 7) is 2.10. The molecule has 1 heterocycles. The fourth-order valence-corrected chi connectivity index (χ4v) is 6.34. The molecule has 2 rings (SSSR count). The van der Waals surface area contributed by atoms with Gasteiger partial charge in [-0.3, -0.25) is 0 Å². The Morgan fingerprint density at radius 3 is 2.40 bits per heavy atom. The van der Waals surface area contributed by atoms with Gasteiger partial charge in [-0.15, -0.1) is 7.26 Å². The first kappa shape index (κ1) is 11.5. The lowest BCUT2D eigenvalue weighted by atomic mass is 9.96. The predicted molar refractivity (Wildman–Crippen MR) is 56.6 cm³/mol. The lowest BCUT2D eigenvalue weighted by Gasteiger charge is -2.33. The Morgan fingerprint density at radius 1 is 1.27 bits per heavy atom.